The van der Waals surface area contributed by atoms with Gasteiger partial charge >= 0.3 is 0 Å². The van der Waals surface area contributed by atoms with Crippen LogP contribution >= 0.6 is 23.2 Å². The number of phenols is 1. The second-order valence-corrected chi connectivity index (χ2v) is 7.52. The molecule has 0 atom stereocenters. The molecular weight excluding hydrogens is 371 g/mol. The number of amides is 1. The van der Waals surface area contributed by atoms with Crippen molar-refractivity contribution < 1.29 is 9.90 Å². The Bertz CT molecular complexity index is 757. The Morgan fingerprint density at radius 3 is 2.35 bits per heavy atom. The lowest BCUT2D eigenvalue weighted by atomic mass is 10.0. The third kappa shape index (κ3) is 5.37. The standard InChI is InChI=1S/C20H22Cl2N2O2/c21-18-6-3-15(11-19(18)22)13-24-9-7-16(8-10-24)23-20(26)12-14-1-4-17(25)5-2-14/h1-6,11,16,25H,7-10,12-13H2,(H,23,26). The number of carbonyl (C=O) groups is 1. The summed E-state index contributed by atoms with van der Waals surface area (Å²) in [7, 11) is 0. The number of benzene rings is 2. The average Bonchev–Trinajstić information content (AvgIpc) is 2.62. The number of piperidine rings is 1. The molecule has 3 rings (SSSR count). The van der Waals surface area contributed by atoms with Gasteiger partial charge in [0.2, 0.25) is 5.91 Å². The molecule has 0 bridgehead atoms. The van der Waals surface area contributed by atoms with Crippen LogP contribution in [0, 0.1) is 0 Å². The maximum absolute atomic E-state index is 12.2. The fraction of sp³-hybridized carbons (Fsp3) is 0.350. The van der Waals surface area contributed by atoms with E-state index in [0.717, 1.165) is 43.6 Å². The van der Waals surface area contributed by atoms with Crippen LogP contribution < -0.4 is 5.32 Å². The van der Waals surface area contributed by atoms with Crippen LogP contribution in [-0.2, 0) is 17.8 Å². The van der Waals surface area contributed by atoms with Gasteiger partial charge in [0.1, 0.15) is 5.75 Å². The number of nitrogens with zero attached hydrogens (tertiary/aromatic N) is 1. The molecule has 0 radical (unpaired) electrons. The maximum atomic E-state index is 12.2. The molecule has 2 N–H and O–H groups in total. The van der Waals surface area contributed by atoms with Gasteiger partial charge in [-0.3, -0.25) is 9.69 Å². The highest BCUT2D eigenvalue weighted by Crippen LogP contribution is 2.24. The van der Waals surface area contributed by atoms with Crippen LogP contribution in [0.2, 0.25) is 10.0 Å². The van der Waals surface area contributed by atoms with E-state index >= 15 is 0 Å². The molecule has 6 heteroatoms. The summed E-state index contributed by atoms with van der Waals surface area (Å²) in [5, 5.41) is 13.6. The van der Waals surface area contributed by atoms with Gasteiger partial charge in [-0.1, -0.05) is 41.4 Å². The molecule has 1 aliphatic heterocycles. The minimum absolute atomic E-state index is 0.0265. The SMILES string of the molecule is O=C(Cc1ccc(O)cc1)NC1CCN(Cc2ccc(Cl)c(Cl)c2)CC1. The molecule has 2 aromatic rings. The van der Waals surface area contributed by atoms with Gasteiger partial charge < -0.3 is 10.4 Å². The zero-order valence-corrected chi connectivity index (χ0v) is 15.9. The van der Waals surface area contributed by atoms with Crippen LogP contribution in [0.25, 0.3) is 0 Å². The third-order valence-electron chi connectivity index (χ3n) is 4.64. The normalized spacial score (nSPS) is 15.8. The summed E-state index contributed by atoms with van der Waals surface area (Å²) < 4.78 is 0. The van der Waals surface area contributed by atoms with Gasteiger partial charge in [0.15, 0.2) is 0 Å². The molecule has 1 fully saturated rings. The van der Waals surface area contributed by atoms with E-state index in [1.807, 2.05) is 18.2 Å². The number of halogens is 2. The van der Waals surface area contributed by atoms with Crippen LogP contribution in [0.5, 0.6) is 5.75 Å². The Morgan fingerprint density at radius 2 is 1.69 bits per heavy atom. The van der Waals surface area contributed by atoms with E-state index in [0.29, 0.717) is 16.5 Å². The molecule has 1 saturated heterocycles. The van der Waals surface area contributed by atoms with Gasteiger partial charge in [0.25, 0.3) is 0 Å². The summed E-state index contributed by atoms with van der Waals surface area (Å²) in [5.74, 6) is 0.238. The van der Waals surface area contributed by atoms with E-state index in [1.165, 1.54) is 0 Å². The van der Waals surface area contributed by atoms with Gasteiger partial charge in [-0.15, -0.1) is 0 Å². The number of likely N-dealkylation sites (tertiary alicyclic amines) is 1. The molecule has 26 heavy (non-hydrogen) atoms. The van der Waals surface area contributed by atoms with E-state index in [4.69, 9.17) is 23.2 Å². The fourth-order valence-electron chi connectivity index (χ4n) is 3.21. The predicted octanol–water partition coefficient (Wildman–Crippen LogP) is 4.02. The van der Waals surface area contributed by atoms with Crippen molar-refractivity contribution in [3.05, 3.63) is 63.6 Å². The first-order valence-electron chi connectivity index (χ1n) is 8.73. The highest BCUT2D eigenvalue weighted by atomic mass is 35.5. The van der Waals surface area contributed by atoms with Gasteiger partial charge in [0.05, 0.1) is 16.5 Å². The van der Waals surface area contributed by atoms with E-state index in [1.54, 1.807) is 24.3 Å². The molecular formula is C20H22Cl2N2O2. The Kier molecular flexibility index (Phi) is 6.41. The molecule has 1 heterocycles. The number of phenolic OH excluding ortho intramolecular Hbond substituents is 1. The molecule has 0 unspecified atom stereocenters. The molecule has 0 aliphatic carbocycles. The number of hydrogen-bond donors (Lipinski definition) is 2. The highest BCUT2D eigenvalue weighted by molar-refractivity contribution is 6.42. The van der Waals surface area contributed by atoms with Crippen molar-refractivity contribution in [1.82, 2.24) is 10.2 Å². The van der Waals surface area contributed by atoms with Crippen molar-refractivity contribution in [3.8, 4) is 5.75 Å². The first kappa shape index (κ1) is 19.0. The topological polar surface area (TPSA) is 52.6 Å². The summed E-state index contributed by atoms with van der Waals surface area (Å²) in [5.41, 5.74) is 2.05. The molecule has 0 saturated carbocycles. The first-order chi connectivity index (χ1) is 12.5. The second kappa shape index (κ2) is 8.76. The molecule has 4 nitrogen and oxygen atoms in total. The number of aromatic hydroxyl groups is 1. The van der Waals surface area contributed by atoms with Gasteiger partial charge in [-0.25, -0.2) is 0 Å². The van der Waals surface area contributed by atoms with Gasteiger partial charge in [-0.2, -0.15) is 0 Å². The number of hydrogen-bond acceptors (Lipinski definition) is 3. The van der Waals surface area contributed by atoms with E-state index in [9.17, 15) is 9.90 Å². The molecule has 138 valence electrons. The zero-order valence-electron chi connectivity index (χ0n) is 14.4. The Balaban J connectivity index is 1.43. The lowest BCUT2D eigenvalue weighted by Gasteiger charge is -2.32. The Labute approximate surface area is 163 Å². The maximum Gasteiger partial charge on any atom is 0.224 e. The largest absolute Gasteiger partial charge is 0.508 e. The van der Waals surface area contributed by atoms with Crippen LogP contribution in [0.15, 0.2) is 42.5 Å². The van der Waals surface area contributed by atoms with E-state index in [2.05, 4.69) is 10.2 Å². The van der Waals surface area contributed by atoms with Gasteiger partial charge in [0, 0.05) is 25.7 Å². The lowest BCUT2D eigenvalue weighted by molar-refractivity contribution is -0.121. The minimum atomic E-state index is 0.0265. The van der Waals surface area contributed by atoms with Crippen molar-refractivity contribution in [2.24, 2.45) is 0 Å². The third-order valence-corrected chi connectivity index (χ3v) is 5.38. The van der Waals surface area contributed by atoms with Crippen molar-refractivity contribution in [1.29, 1.82) is 0 Å². The summed E-state index contributed by atoms with van der Waals surface area (Å²) >= 11 is 12.0. The minimum Gasteiger partial charge on any atom is -0.508 e. The quantitative estimate of drug-likeness (QED) is 0.807. The van der Waals surface area contributed by atoms with Crippen molar-refractivity contribution in [2.75, 3.05) is 13.1 Å². The highest BCUT2D eigenvalue weighted by Gasteiger charge is 2.21. The number of nitrogens with one attached hydrogen (secondary N) is 1. The van der Waals surface area contributed by atoms with Crippen molar-refractivity contribution >= 4 is 29.1 Å². The summed E-state index contributed by atoms with van der Waals surface area (Å²) in [6, 6.07) is 12.7. The molecule has 1 aliphatic rings. The van der Waals surface area contributed by atoms with Crippen molar-refractivity contribution in [3.63, 3.8) is 0 Å². The van der Waals surface area contributed by atoms with Crippen LogP contribution in [0.1, 0.15) is 24.0 Å². The van der Waals surface area contributed by atoms with Crippen molar-refractivity contribution in [2.45, 2.75) is 31.8 Å². The Hall–Kier alpha value is -1.75. The second-order valence-electron chi connectivity index (χ2n) is 6.71. The summed E-state index contributed by atoms with van der Waals surface area (Å²) in [6.45, 7) is 2.71. The predicted molar refractivity (Wildman–Crippen MR) is 105 cm³/mol. The summed E-state index contributed by atoms with van der Waals surface area (Å²) in [6.07, 6.45) is 2.20. The fourth-order valence-corrected chi connectivity index (χ4v) is 3.53. The van der Waals surface area contributed by atoms with Gasteiger partial charge in [-0.05, 0) is 48.2 Å². The average molecular weight is 393 g/mol. The van der Waals surface area contributed by atoms with Crippen LogP contribution in [0.4, 0.5) is 0 Å². The molecule has 0 aromatic heterocycles. The van der Waals surface area contributed by atoms with E-state index in [-0.39, 0.29) is 17.7 Å². The molecule has 2 aromatic carbocycles. The van der Waals surface area contributed by atoms with E-state index < -0.39 is 0 Å². The Morgan fingerprint density at radius 1 is 1.04 bits per heavy atom. The van der Waals surface area contributed by atoms with Crippen LogP contribution in [0.3, 0.4) is 0 Å². The zero-order chi connectivity index (χ0) is 18.5. The number of rotatable bonds is 5. The summed E-state index contributed by atoms with van der Waals surface area (Å²) in [4.78, 5) is 14.6. The molecule has 1 amide bonds. The lowest BCUT2D eigenvalue weighted by Crippen LogP contribution is -2.44. The molecule has 0 spiro atoms. The van der Waals surface area contributed by atoms with Crippen LogP contribution in [-0.4, -0.2) is 35.0 Å². The first-order valence-corrected chi connectivity index (χ1v) is 9.49. The number of carbonyl (C=O) groups excluding carboxylic acids is 1. The smallest absolute Gasteiger partial charge is 0.224 e. The monoisotopic (exact) mass is 392 g/mol.